The van der Waals surface area contributed by atoms with E-state index < -0.39 is 41.0 Å². The number of ether oxygens (including phenoxy) is 2. The zero-order valence-corrected chi connectivity index (χ0v) is 19.7. The molecule has 1 aliphatic carbocycles. The fourth-order valence-electron chi connectivity index (χ4n) is 4.69. The molecule has 0 radical (unpaired) electrons. The van der Waals surface area contributed by atoms with Crippen LogP contribution in [0.15, 0.2) is 24.3 Å². The number of likely N-dealkylation sites (tertiary alicyclic amines) is 1. The molecule has 0 unspecified atom stereocenters. The van der Waals surface area contributed by atoms with Crippen LogP contribution in [0.4, 0.5) is 22.4 Å². The molecule has 7 nitrogen and oxygen atoms in total. The lowest BCUT2D eigenvalue weighted by molar-refractivity contribution is -0.163. The zero-order chi connectivity index (χ0) is 24.9. The molecular formula is C22H30F4N2O5S. The minimum absolute atomic E-state index is 0.0381. The number of alkyl halides is 3. The van der Waals surface area contributed by atoms with Crippen LogP contribution in [0, 0.1) is 5.82 Å². The van der Waals surface area contributed by atoms with Gasteiger partial charge in [0.1, 0.15) is 5.82 Å². The third kappa shape index (κ3) is 8.09. The Bertz CT molecular complexity index is 935. The van der Waals surface area contributed by atoms with E-state index in [1.165, 1.54) is 12.1 Å². The van der Waals surface area contributed by atoms with Crippen LogP contribution in [-0.2, 0) is 19.5 Å². The fraction of sp³-hybridized carbons (Fsp3) is 0.682. The summed E-state index contributed by atoms with van der Waals surface area (Å²) in [6.07, 6.45) is -1.23. The topological polar surface area (TPSA) is 84.9 Å². The fourth-order valence-corrected chi connectivity index (χ4v) is 5.51. The number of carbonyl (C=O) groups excluding carboxylic acids is 1. The number of halogens is 4. The first-order chi connectivity index (χ1) is 15.9. The summed E-state index contributed by atoms with van der Waals surface area (Å²) in [5, 5.41) is 0. The lowest BCUT2D eigenvalue weighted by Crippen LogP contribution is -2.59. The first-order valence-electron chi connectivity index (χ1n) is 11.3. The van der Waals surface area contributed by atoms with Crippen molar-refractivity contribution in [3.8, 4) is 0 Å². The van der Waals surface area contributed by atoms with Crippen LogP contribution < -0.4 is 4.72 Å². The molecule has 2 atom stereocenters. The van der Waals surface area contributed by atoms with Crippen LogP contribution >= 0.6 is 0 Å². The Morgan fingerprint density at radius 3 is 2.50 bits per heavy atom. The van der Waals surface area contributed by atoms with Crippen LogP contribution in [0.25, 0.3) is 0 Å². The first kappa shape index (κ1) is 26.7. The van der Waals surface area contributed by atoms with Crippen molar-refractivity contribution in [2.24, 2.45) is 0 Å². The highest BCUT2D eigenvalue weighted by atomic mass is 32.2. The van der Waals surface area contributed by atoms with Crippen molar-refractivity contribution >= 4 is 16.1 Å². The Balaban J connectivity index is 1.61. The second kappa shape index (κ2) is 11.2. The Kier molecular flexibility index (Phi) is 8.80. The van der Waals surface area contributed by atoms with Crippen molar-refractivity contribution in [1.82, 2.24) is 9.62 Å². The number of amides is 1. The minimum atomic E-state index is -4.66. The van der Waals surface area contributed by atoms with E-state index in [1.807, 2.05) is 6.07 Å². The standard InChI is InChI=1S/C22H30F4N2O5S/c1-34(30,31)27-19-6-3-11-28(21(29)33-14-22(24,25)26)20(19)13-32-18-9-7-15(8-10-18)16-4-2-5-17(23)12-16/h2,4-5,12,15,18-20,27H,3,6-11,13-14H2,1H3/t15-,18+,19-,20-/m0/s1. The average molecular weight is 511 g/mol. The predicted molar refractivity (Wildman–Crippen MR) is 116 cm³/mol. The van der Waals surface area contributed by atoms with E-state index in [1.54, 1.807) is 6.07 Å². The van der Waals surface area contributed by atoms with E-state index in [2.05, 4.69) is 9.46 Å². The molecule has 192 valence electrons. The zero-order valence-electron chi connectivity index (χ0n) is 18.9. The van der Waals surface area contributed by atoms with Gasteiger partial charge < -0.3 is 14.4 Å². The van der Waals surface area contributed by atoms with E-state index in [0.717, 1.165) is 29.6 Å². The lowest BCUT2D eigenvalue weighted by atomic mass is 9.82. The molecule has 0 aromatic heterocycles. The Hall–Kier alpha value is -1.92. The van der Waals surface area contributed by atoms with Crippen molar-refractivity contribution in [2.45, 2.75) is 68.8 Å². The van der Waals surface area contributed by atoms with Gasteiger partial charge in [-0.05, 0) is 62.1 Å². The van der Waals surface area contributed by atoms with Gasteiger partial charge in [-0.3, -0.25) is 0 Å². The number of nitrogens with one attached hydrogen (secondary N) is 1. The van der Waals surface area contributed by atoms with Crippen LogP contribution in [0.2, 0.25) is 0 Å². The summed E-state index contributed by atoms with van der Waals surface area (Å²) < 4.78 is 87.6. The second-order valence-electron chi connectivity index (χ2n) is 8.93. The molecule has 1 aromatic carbocycles. The smallest absolute Gasteiger partial charge is 0.422 e. The molecule has 2 aliphatic rings. The molecule has 1 heterocycles. The molecule has 0 spiro atoms. The minimum Gasteiger partial charge on any atom is -0.440 e. The molecule has 12 heteroatoms. The number of carbonyl (C=O) groups is 1. The number of sulfonamides is 1. The van der Waals surface area contributed by atoms with Gasteiger partial charge in [0.25, 0.3) is 0 Å². The van der Waals surface area contributed by atoms with Gasteiger partial charge in [-0.1, -0.05) is 12.1 Å². The number of hydrogen-bond donors (Lipinski definition) is 1. The van der Waals surface area contributed by atoms with Gasteiger partial charge >= 0.3 is 12.3 Å². The second-order valence-corrected chi connectivity index (χ2v) is 10.7. The third-order valence-electron chi connectivity index (χ3n) is 6.24. The van der Waals surface area contributed by atoms with Crippen LogP contribution in [-0.4, -0.2) is 69.8 Å². The SMILES string of the molecule is CS(=O)(=O)N[C@H]1CCCN(C(=O)OCC(F)(F)F)[C@H]1CO[C@H]1CC[C@@H](c2cccc(F)c2)CC1. The third-order valence-corrected chi connectivity index (χ3v) is 6.97. The maximum Gasteiger partial charge on any atom is 0.422 e. The molecular weight excluding hydrogens is 480 g/mol. The van der Waals surface area contributed by atoms with Gasteiger partial charge in [-0.2, -0.15) is 13.2 Å². The summed E-state index contributed by atoms with van der Waals surface area (Å²) in [5.41, 5.74) is 0.932. The predicted octanol–water partition coefficient (Wildman–Crippen LogP) is 3.95. The molecule has 1 saturated carbocycles. The summed E-state index contributed by atoms with van der Waals surface area (Å²) in [5.74, 6) is -0.0752. The van der Waals surface area contributed by atoms with Gasteiger partial charge in [-0.25, -0.2) is 22.3 Å². The molecule has 1 N–H and O–H groups in total. The van der Waals surface area contributed by atoms with Crippen molar-refractivity contribution in [1.29, 1.82) is 0 Å². The van der Waals surface area contributed by atoms with Crippen molar-refractivity contribution < 1.29 is 40.2 Å². The highest BCUT2D eigenvalue weighted by Gasteiger charge is 2.39. The van der Waals surface area contributed by atoms with E-state index in [0.29, 0.717) is 25.7 Å². The van der Waals surface area contributed by atoms with Gasteiger partial charge in [-0.15, -0.1) is 0 Å². The van der Waals surface area contributed by atoms with Crippen LogP contribution in [0.3, 0.4) is 0 Å². The van der Waals surface area contributed by atoms with Gasteiger partial charge in [0.15, 0.2) is 6.61 Å². The quantitative estimate of drug-likeness (QED) is 0.562. The number of rotatable bonds is 7. The van der Waals surface area contributed by atoms with Crippen molar-refractivity contribution in [2.75, 3.05) is 26.0 Å². The molecule has 1 saturated heterocycles. The maximum atomic E-state index is 13.5. The normalized spacial score (nSPS) is 26.3. The van der Waals surface area contributed by atoms with Crippen molar-refractivity contribution in [3.63, 3.8) is 0 Å². The largest absolute Gasteiger partial charge is 0.440 e. The van der Waals surface area contributed by atoms with E-state index in [-0.39, 0.29) is 31.0 Å². The molecule has 3 rings (SSSR count). The summed E-state index contributed by atoms with van der Waals surface area (Å²) in [6, 6.07) is 4.99. The maximum absolute atomic E-state index is 13.5. The molecule has 1 amide bonds. The Morgan fingerprint density at radius 2 is 1.88 bits per heavy atom. The Labute approximate surface area is 196 Å². The van der Waals surface area contributed by atoms with E-state index in [9.17, 15) is 30.8 Å². The molecule has 34 heavy (non-hydrogen) atoms. The highest BCUT2D eigenvalue weighted by molar-refractivity contribution is 7.88. The summed E-state index contributed by atoms with van der Waals surface area (Å²) in [4.78, 5) is 13.5. The lowest BCUT2D eigenvalue weighted by Gasteiger charge is -2.41. The molecule has 0 bridgehead atoms. The Morgan fingerprint density at radius 1 is 1.18 bits per heavy atom. The van der Waals surface area contributed by atoms with Crippen LogP contribution in [0.1, 0.15) is 50.0 Å². The number of hydrogen-bond acceptors (Lipinski definition) is 5. The van der Waals surface area contributed by atoms with E-state index in [4.69, 9.17) is 4.74 Å². The number of piperidine rings is 1. The molecule has 2 fully saturated rings. The summed E-state index contributed by atoms with van der Waals surface area (Å²) >= 11 is 0. The monoisotopic (exact) mass is 510 g/mol. The van der Waals surface area contributed by atoms with Crippen molar-refractivity contribution in [3.05, 3.63) is 35.6 Å². The van der Waals surface area contributed by atoms with Gasteiger partial charge in [0, 0.05) is 12.6 Å². The summed E-state index contributed by atoms with van der Waals surface area (Å²) in [6.45, 7) is -1.62. The van der Waals surface area contributed by atoms with E-state index >= 15 is 0 Å². The molecule has 1 aromatic rings. The van der Waals surface area contributed by atoms with Crippen LogP contribution in [0.5, 0.6) is 0 Å². The number of benzene rings is 1. The van der Waals surface area contributed by atoms with Gasteiger partial charge in [0.05, 0.1) is 25.0 Å². The van der Waals surface area contributed by atoms with Gasteiger partial charge in [0.2, 0.25) is 10.0 Å². The highest BCUT2D eigenvalue weighted by Crippen LogP contribution is 2.34. The average Bonchev–Trinajstić information content (AvgIpc) is 2.75. The molecule has 1 aliphatic heterocycles. The number of nitrogens with zero attached hydrogens (tertiary/aromatic N) is 1. The summed E-state index contributed by atoms with van der Waals surface area (Å²) in [7, 11) is -3.62. The first-order valence-corrected chi connectivity index (χ1v) is 13.1.